The van der Waals surface area contributed by atoms with Crippen LogP contribution in [-0.4, -0.2) is 40.6 Å². The lowest BCUT2D eigenvalue weighted by Gasteiger charge is -2.63. The minimum Gasteiger partial charge on any atom is -0.462 e. The van der Waals surface area contributed by atoms with E-state index in [1.165, 1.54) is 12.5 Å². The van der Waals surface area contributed by atoms with Crippen LogP contribution in [0, 0.1) is 28.6 Å². The maximum Gasteiger partial charge on any atom is 0.333 e. The molecule has 6 heteroatoms. The van der Waals surface area contributed by atoms with Gasteiger partial charge in [0.2, 0.25) is 0 Å². The Hall–Kier alpha value is -1.95. The van der Waals surface area contributed by atoms with Crippen molar-refractivity contribution >= 4 is 17.7 Å². The van der Waals surface area contributed by atoms with Gasteiger partial charge in [-0.2, -0.15) is 0 Å². The fourth-order valence-electron chi connectivity index (χ4n) is 8.04. The van der Waals surface area contributed by atoms with Crippen LogP contribution in [0.25, 0.3) is 0 Å². The molecule has 0 aliphatic heterocycles. The van der Waals surface area contributed by atoms with Crippen LogP contribution in [0.2, 0.25) is 0 Å². The zero-order valence-corrected chi connectivity index (χ0v) is 21.5. The standard InChI is InChI=1S/C28H40O6/c1-7-16(2)25(31)34-24-15-23-22(28(32)13-11-21(17(3)29)27(24,28)6)9-8-19-14-20(33-18(4)30)10-12-26(19,23)5/h7-8,20-24,32H,9-15H2,1-6H3/b16-7+/t20-,21+,22?,23?,24+,26-,27-,28-/m0/s1. The number of Topliss-reactive ketones (excluding diaryl/α,β-unsaturated/α-hetero) is 1. The second-order valence-electron chi connectivity index (χ2n) is 11.6. The second kappa shape index (κ2) is 8.61. The molecule has 4 aliphatic rings. The van der Waals surface area contributed by atoms with Gasteiger partial charge in [0.05, 0.1) is 5.60 Å². The van der Waals surface area contributed by atoms with E-state index in [1.54, 1.807) is 26.8 Å². The van der Waals surface area contributed by atoms with E-state index >= 15 is 0 Å². The molecule has 0 aromatic heterocycles. The molecule has 0 heterocycles. The molecule has 0 aromatic carbocycles. The Morgan fingerprint density at radius 2 is 1.76 bits per heavy atom. The van der Waals surface area contributed by atoms with Crippen LogP contribution in [0.4, 0.5) is 0 Å². The number of aliphatic hydroxyl groups is 1. The van der Waals surface area contributed by atoms with Crippen LogP contribution in [-0.2, 0) is 23.9 Å². The third kappa shape index (κ3) is 3.59. The quantitative estimate of drug-likeness (QED) is 0.363. The third-order valence-electron chi connectivity index (χ3n) is 10.1. The molecular weight excluding hydrogens is 432 g/mol. The van der Waals surface area contributed by atoms with Crippen molar-refractivity contribution in [1.82, 2.24) is 0 Å². The number of carbonyl (C=O) groups excluding carboxylic acids is 3. The zero-order chi connectivity index (χ0) is 25.1. The summed E-state index contributed by atoms with van der Waals surface area (Å²) in [6.07, 6.45) is 8.21. The van der Waals surface area contributed by atoms with Gasteiger partial charge in [-0.15, -0.1) is 0 Å². The summed E-state index contributed by atoms with van der Waals surface area (Å²) in [5.41, 5.74) is -0.247. The Morgan fingerprint density at radius 1 is 1.06 bits per heavy atom. The highest BCUT2D eigenvalue weighted by atomic mass is 16.5. The van der Waals surface area contributed by atoms with Crippen molar-refractivity contribution in [2.24, 2.45) is 28.6 Å². The molecule has 0 bridgehead atoms. The average Bonchev–Trinajstić information content (AvgIpc) is 3.06. The van der Waals surface area contributed by atoms with E-state index < -0.39 is 17.1 Å². The van der Waals surface area contributed by atoms with Gasteiger partial charge < -0.3 is 14.6 Å². The lowest BCUT2D eigenvalue weighted by atomic mass is 9.45. The van der Waals surface area contributed by atoms with E-state index in [-0.39, 0.29) is 47.0 Å². The first-order chi connectivity index (χ1) is 15.9. The van der Waals surface area contributed by atoms with Gasteiger partial charge in [0, 0.05) is 30.3 Å². The molecule has 6 nitrogen and oxygen atoms in total. The summed E-state index contributed by atoms with van der Waals surface area (Å²) >= 11 is 0. The highest BCUT2D eigenvalue weighted by molar-refractivity contribution is 5.88. The number of ketones is 1. The molecule has 4 aliphatic carbocycles. The molecule has 1 N–H and O–H groups in total. The number of ether oxygens (including phenoxy) is 2. The van der Waals surface area contributed by atoms with E-state index in [4.69, 9.17) is 9.47 Å². The topological polar surface area (TPSA) is 89.9 Å². The van der Waals surface area contributed by atoms with E-state index in [2.05, 4.69) is 13.0 Å². The molecule has 4 rings (SSSR count). The smallest absolute Gasteiger partial charge is 0.333 e. The van der Waals surface area contributed by atoms with Crippen molar-refractivity contribution in [2.75, 3.05) is 0 Å². The van der Waals surface area contributed by atoms with Crippen molar-refractivity contribution in [1.29, 1.82) is 0 Å². The molecule has 0 radical (unpaired) electrons. The van der Waals surface area contributed by atoms with E-state index in [0.717, 1.165) is 19.3 Å². The molecule has 3 saturated carbocycles. The first-order valence-electron chi connectivity index (χ1n) is 12.8. The van der Waals surface area contributed by atoms with Crippen LogP contribution < -0.4 is 0 Å². The van der Waals surface area contributed by atoms with Gasteiger partial charge in [0.25, 0.3) is 0 Å². The number of allylic oxidation sites excluding steroid dienone is 2. The lowest BCUT2D eigenvalue weighted by Crippen LogP contribution is -2.66. The van der Waals surface area contributed by atoms with Crippen LogP contribution in [0.3, 0.4) is 0 Å². The van der Waals surface area contributed by atoms with Gasteiger partial charge in [-0.05, 0) is 76.5 Å². The van der Waals surface area contributed by atoms with Gasteiger partial charge in [-0.3, -0.25) is 9.59 Å². The number of esters is 2. The molecular formula is C28H40O6. The summed E-state index contributed by atoms with van der Waals surface area (Å²) < 4.78 is 11.7. The molecule has 188 valence electrons. The van der Waals surface area contributed by atoms with Gasteiger partial charge in [-0.25, -0.2) is 4.79 Å². The Labute approximate surface area is 203 Å². The first-order valence-corrected chi connectivity index (χ1v) is 12.8. The fraction of sp³-hybridized carbons (Fsp3) is 0.750. The van der Waals surface area contributed by atoms with Crippen molar-refractivity contribution < 1.29 is 29.0 Å². The summed E-state index contributed by atoms with van der Waals surface area (Å²) in [5, 5.41) is 12.4. The van der Waals surface area contributed by atoms with Crippen molar-refractivity contribution in [3.8, 4) is 0 Å². The molecule has 0 aromatic rings. The molecule has 0 amide bonds. The van der Waals surface area contributed by atoms with Crippen LogP contribution in [0.1, 0.15) is 86.5 Å². The van der Waals surface area contributed by atoms with E-state index in [9.17, 15) is 19.5 Å². The normalized spacial score (nSPS) is 43.7. The maximum atomic E-state index is 12.9. The molecule has 34 heavy (non-hydrogen) atoms. The van der Waals surface area contributed by atoms with E-state index in [1.807, 2.05) is 6.92 Å². The Morgan fingerprint density at radius 3 is 2.38 bits per heavy atom. The first kappa shape index (κ1) is 25.2. The van der Waals surface area contributed by atoms with Gasteiger partial charge in [0.15, 0.2) is 0 Å². The maximum absolute atomic E-state index is 12.9. The van der Waals surface area contributed by atoms with Crippen molar-refractivity contribution in [3.63, 3.8) is 0 Å². The predicted octanol–water partition coefficient (Wildman–Crippen LogP) is 4.69. The Kier molecular flexibility index (Phi) is 6.37. The lowest BCUT2D eigenvalue weighted by molar-refractivity contribution is -0.232. The SMILES string of the molecule is C/C=C(\C)C(=O)O[C@@H]1CC2C(CC=C3C[C@@H](OC(C)=O)CC[C@@]32C)[C@@]2(O)CC[C@H](C(C)=O)[C@@]12C. The number of rotatable bonds is 4. The van der Waals surface area contributed by atoms with Gasteiger partial charge in [0.1, 0.15) is 18.0 Å². The van der Waals surface area contributed by atoms with Gasteiger partial charge >= 0.3 is 11.9 Å². The van der Waals surface area contributed by atoms with E-state index in [0.29, 0.717) is 31.3 Å². The van der Waals surface area contributed by atoms with Crippen LogP contribution in [0.5, 0.6) is 0 Å². The van der Waals surface area contributed by atoms with Crippen molar-refractivity contribution in [2.45, 2.75) is 104 Å². The highest BCUT2D eigenvalue weighted by Crippen LogP contribution is 2.68. The van der Waals surface area contributed by atoms with Gasteiger partial charge in [-0.1, -0.05) is 31.6 Å². The predicted molar refractivity (Wildman–Crippen MR) is 128 cm³/mol. The number of hydrogen-bond donors (Lipinski definition) is 1. The number of hydrogen-bond acceptors (Lipinski definition) is 6. The summed E-state index contributed by atoms with van der Waals surface area (Å²) in [6, 6.07) is 0. The monoisotopic (exact) mass is 472 g/mol. The zero-order valence-electron chi connectivity index (χ0n) is 21.5. The number of carbonyl (C=O) groups is 3. The summed E-state index contributed by atoms with van der Waals surface area (Å²) in [7, 11) is 0. The second-order valence-corrected chi connectivity index (χ2v) is 11.6. The summed E-state index contributed by atoms with van der Waals surface area (Å²) in [4.78, 5) is 37.2. The largest absolute Gasteiger partial charge is 0.462 e. The van der Waals surface area contributed by atoms with Crippen molar-refractivity contribution in [3.05, 3.63) is 23.3 Å². The minimum atomic E-state index is -1.08. The Bertz CT molecular complexity index is 949. The average molecular weight is 473 g/mol. The molecule has 2 unspecified atom stereocenters. The van der Waals surface area contributed by atoms with Crippen LogP contribution >= 0.6 is 0 Å². The minimum absolute atomic E-state index is 0.00126. The number of fused-ring (bicyclic) bond motifs is 5. The highest BCUT2D eigenvalue weighted by Gasteiger charge is 2.71. The summed E-state index contributed by atoms with van der Waals surface area (Å²) in [5.74, 6) is -0.782. The van der Waals surface area contributed by atoms with Crippen LogP contribution in [0.15, 0.2) is 23.3 Å². The molecule has 0 saturated heterocycles. The molecule has 3 fully saturated rings. The molecule has 0 spiro atoms. The molecule has 8 atom stereocenters. The fourth-order valence-corrected chi connectivity index (χ4v) is 8.04. The summed E-state index contributed by atoms with van der Waals surface area (Å²) in [6.45, 7) is 10.8. The third-order valence-corrected chi connectivity index (χ3v) is 10.1. The Balaban J connectivity index is 1.74.